The van der Waals surface area contributed by atoms with Gasteiger partial charge in [0, 0.05) is 6.04 Å². The van der Waals surface area contributed by atoms with E-state index >= 15 is 0 Å². The number of rotatable bonds is 4. The molecule has 0 aromatic heterocycles. The number of halogens is 2. The van der Waals surface area contributed by atoms with Crippen molar-refractivity contribution < 1.29 is 8.78 Å². The normalized spacial score (nSPS) is 12.4. The summed E-state index contributed by atoms with van der Waals surface area (Å²) < 4.78 is 27.2. The van der Waals surface area contributed by atoms with Crippen LogP contribution in [0.3, 0.4) is 0 Å². The van der Waals surface area contributed by atoms with Crippen molar-refractivity contribution in [1.82, 2.24) is 5.32 Å². The van der Waals surface area contributed by atoms with Crippen LogP contribution in [0.1, 0.15) is 31.0 Å². The maximum atomic E-state index is 13.6. The van der Waals surface area contributed by atoms with E-state index in [4.69, 9.17) is 0 Å². The van der Waals surface area contributed by atoms with Gasteiger partial charge in [0.15, 0.2) is 0 Å². The Morgan fingerprint density at radius 1 is 1.05 bits per heavy atom. The lowest BCUT2D eigenvalue weighted by Crippen LogP contribution is -2.18. The molecule has 0 aliphatic rings. The second-order valence-electron chi connectivity index (χ2n) is 5.03. The van der Waals surface area contributed by atoms with Crippen LogP contribution in [0.4, 0.5) is 8.78 Å². The lowest BCUT2D eigenvalue weighted by atomic mass is 9.94. The molecule has 0 amide bonds. The van der Waals surface area contributed by atoms with E-state index in [1.54, 1.807) is 6.07 Å². The molecular formula is C17H19F2N. The zero-order chi connectivity index (χ0) is 14.7. The van der Waals surface area contributed by atoms with Crippen LogP contribution >= 0.6 is 0 Å². The van der Waals surface area contributed by atoms with Gasteiger partial charge in [-0.15, -0.1) is 0 Å². The fraction of sp³-hybridized carbons (Fsp3) is 0.294. The molecule has 0 saturated carbocycles. The second kappa shape index (κ2) is 6.14. The zero-order valence-corrected chi connectivity index (χ0v) is 12.0. The molecule has 2 aromatic carbocycles. The fourth-order valence-electron chi connectivity index (χ4n) is 2.46. The summed E-state index contributed by atoms with van der Waals surface area (Å²) in [5.41, 5.74) is 3.24. The largest absolute Gasteiger partial charge is 0.310 e. The van der Waals surface area contributed by atoms with Crippen LogP contribution in [0.15, 0.2) is 36.4 Å². The lowest BCUT2D eigenvalue weighted by Gasteiger charge is -2.18. The van der Waals surface area contributed by atoms with E-state index in [9.17, 15) is 8.78 Å². The van der Waals surface area contributed by atoms with Crippen LogP contribution in [0.25, 0.3) is 11.1 Å². The Kier molecular flexibility index (Phi) is 4.50. The Morgan fingerprint density at radius 3 is 2.45 bits per heavy atom. The predicted octanol–water partition coefficient (Wildman–Crippen LogP) is 4.61. The third kappa shape index (κ3) is 3.23. The summed E-state index contributed by atoms with van der Waals surface area (Å²) in [5, 5.41) is 3.30. The first-order valence-electron chi connectivity index (χ1n) is 6.81. The van der Waals surface area contributed by atoms with Gasteiger partial charge in [-0.1, -0.05) is 19.1 Å². The molecular weight excluding hydrogens is 256 g/mol. The molecule has 0 bridgehead atoms. The zero-order valence-electron chi connectivity index (χ0n) is 12.0. The lowest BCUT2D eigenvalue weighted by molar-refractivity contribution is 0.593. The third-order valence-electron chi connectivity index (χ3n) is 3.35. The summed E-state index contributed by atoms with van der Waals surface area (Å²) in [6.45, 7) is 6.69. The highest BCUT2D eigenvalue weighted by Gasteiger charge is 2.13. The Bertz CT molecular complexity index is 588. The molecule has 1 unspecified atom stereocenters. The van der Waals surface area contributed by atoms with Crippen molar-refractivity contribution in [3.8, 4) is 11.1 Å². The minimum absolute atomic E-state index is 0.0826. The molecule has 1 atom stereocenters. The van der Waals surface area contributed by atoms with Crippen LogP contribution in [0.5, 0.6) is 0 Å². The highest BCUT2D eigenvalue weighted by molar-refractivity contribution is 5.68. The van der Waals surface area contributed by atoms with Gasteiger partial charge in [0.25, 0.3) is 0 Å². The monoisotopic (exact) mass is 275 g/mol. The molecule has 0 saturated heterocycles. The molecule has 1 N–H and O–H groups in total. The highest BCUT2D eigenvalue weighted by Crippen LogP contribution is 2.30. The van der Waals surface area contributed by atoms with Crippen LogP contribution in [-0.2, 0) is 0 Å². The smallest absolute Gasteiger partial charge is 0.124 e. The molecule has 20 heavy (non-hydrogen) atoms. The van der Waals surface area contributed by atoms with E-state index in [0.29, 0.717) is 5.56 Å². The summed E-state index contributed by atoms with van der Waals surface area (Å²) >= 11 is 0. The van der Waals surface area contributed by atoms with Gasteiger partial charge < -0.3 is 5.32 Å². The van der Waals surface area contributed by atoms with Gasteiger partial charge in [-0.2, -0.15) is 0 Å². The average Bonchev–Trinajstić information content (AvgIpc) is 2.37. The molecule has 0 spiro atoms. The van der Waals surface area contributed by atoms with Crippen molar-refractivity contribution in [1.29, 1.82) is 0 Å². The molecule has 0 aliphatic carbocycles. The number of nitrogens with one attached hydrogen (secondary N) is 1. The van der Waals surface area contributed by atoms with Crippen molar-refractivity contribution in [3.05, 3.63) is 59.2 Å². The average molecular weight is 275 g/mol. The number of hydrogen-bond donors (Lipinski definition) is 1. The molecule has 0 aliphatic heterocycles. The fourth-order valence-corrected chi connectivity index (χ4v) is 2.46. The number of aryl methyl sites for hydroxylation is 1. The summed E-state index contributed by atoms with van der Waals surface area (Å²) in [4.78, 5) is 0. The standard InChI is InChI=1S/C17H19F2N/c1-4-20-12(3)16-6-5-14(18)10-17(16)13-7-11(2)8-15(19)9-13/h5-10,12,20H,4H2,1-3H3. The summed E-state index contributed by atoms with van der Waals surface area (Å²) in [5.74, 6) is -0.610. The first-order chi connectivity index (χ1) is 9.51. The van der Waals surface area contributed by atoms with E-state index in [1.165, 1.54) is 24.3 Å². The van der Waals surface area contributed by atoms with E-state index in [1.807, 2.05) is 26.8 Å². The first-order valence-corrected chi connectivity index (χ1v) is 6.81. The van der Waals surface area contributed by atoms with Gasteiger partial charge in [0.2, 0.25) is 0 Å². The van der Waals surface area contributed by atoms with Crippen molar-refractivity contribution in [2.24, 2.45) is 0 Å². The van der Waals surface area contributed by atoms with Gasteiger partial charge in [0.05, 0.1) is 0 Å². The van der Waals surface area contributed by atoms with E-state index in [-0.39, 0.29) is 17.7 Å². The van der Waals surface area contributed by atoms with Crippen molar-refractivity contribution in [3.63, 3.8) is 0 Å². The van der Waals surface area contributed by atoms with Crippen molar-refractivity contribution in [2.75, 3.05) is 6.54 Å². The van der Waals surface area contributed by atoms with Crippen molar-refractivity contribution >= 4 is 0 Å². The molecule has 0 radical (unpaired) electrons. The van der Waals surface area contributed by atoms with Gasteiger partial charge in [-0.05, 0) is 66.9 Å². The number of benzene rings is 2. The van der Waals surface area contributed by atoms with Crippen LogP contribution in [0, 0.1) is 18.6 Å². The molecule has 2 aromatic rings. The van der Waals surface area contributed by atoms with E-state index in [0.717, 1.165) is 23.2 Å². The van der Waals surface area contributed by atoms with E-state index in [2.05, 4.69) is 5.32 Å². The Balaban J connectivity index is 2.56. The SMILES string of the molecule is CCNC(C)c1ccc(F)cc1-c1cc(C)cc(F)c1. The first kappa shape index (κ1) is 14.7. The van der Waals surface area contributed by atoms with Gasteiger partial charge in [-0.25, -0.2) is 8.78 Å². The van der Waals surface area contributed by atoms with Crippen LogP contribution < -0.4 is 5.32 Å². The minimum atomic E-state index is -0.311. The maximum absolute atomic E-state index is 13.6. The minimum Gasteiger partial charge on any atom is -0.310 e. The van der Waals surface area contributed by atoms with Crippen LogP contribution in [0.2, 0.25) is 0 Å². The molecule has 3 heteroatoms. The molecule has 0 heterocycles. The van der Waals surface area contributed by atoms with Crippen molar-refractivity contribution in [2.45, 2.75) is 26.8 Å². The summed E-state index contributed by atoms with van der Waals surface area (Å²) in [6, 6.07) is 9.55. The van der Waals surface area contributed by atoms with Gasteiger partial charge in [0.1, 0.15) is 11.6 Å². The molecule has 106 valence electrons. The maximum Gasteiger partial charge on any atom is 0.124 e. The molecule has 1 nitrogen and oxygen atoms in total. The topological polar surface area (TPSA) is 12.0 Å². The Morgan fingerprint density at radius 2 is 1.80 bits per heavy atom. The van der Waals surface area contributed by atoms with E-state index < -0.39 is 0 Å². The molecule has 0 fully saturated rings. The quantitative estimate of drug-likeness (QED) is 0.859. The Hall–Kier alpha value is -1.74. The Labute approximate surface area is 118 Å². The predicted molar refractivity (Wildman–Crippen MR) is 78.6 cm³/mol. The third-order valence-corrected chi connectivity index (χ3v) is 3.35. The van der Waals surface area contributed by atoms with Gasteiger partial charge in [-0.3, -0.25) is 0 Å². The van der Waals surface area contributed by atoms with Gasteiger partial charge >= 0.3 is 0 Å². The summed E-state index contributed by atoms with van der Waals surface area (Å²) in [6.07, 6.45) is 0. The number of hydrogen-bond acceptors (Lipinski definition) is 1. The van der Waals surface area contributed by atoms with Crippen LogP contribution in [-0.4, -0.2) is 6.54 Å². The molecule has 2 rings (SSSR count). The summed E-state index contributed by atoms with van der Waals surface area (Å²) in [7, 11) is 0. The highest BCUT2D eigenvalue weighted by atomic mass is 19.1. The second-order valence-corrected chi connectivity index (χ2v) is 5.03.